The molecular formula is C8H17N3O3. The van der Waals surface area contributed by atoms with E-state index in [4.69, 9.17) is 15.7 Å². The number of oxime groups is 1. The van der Waals surface area contributed by atoms with E-state index in [2.05, 4.69) is 10.5 Å². The standard InChI is InChI=1S/C8H17N3O3/c1-3-14-5-4-7(12)10-6(2)8(9)11-13/h6,13H,3-5H2,1-2H3,(H2,9,11)(H,10,12). The molecule has 0 aliphatic carbocycles. The molecule has 0 aliphatic heterocycles. The minimum Gasteiger partial charge on any atom is -0.409 e. The monoisotopic (exact) mass is 203 g/mol. The number of carbonyl (C=O) groups excluding carboxylic acids is 1. The molecule has 0 aromatic carbocycles. The molecule has 4 N–H and O–H groups in total. The molecule has 1 unspecified atom stereocenters. The summed E-state index contributed by atoms with van der Waals surface area (Å²) in [4.78, 5) is 11.2. The molecule has 6 heteroatoms. The third kappa shape index (κ3) is 5.36. The average molecular weight is 203 g/mol. The van der Waals surface area contributed by atoms with Crippen LogP contribution < -0.4 is 11.1 Å². The zero-order valence-electron chi connectivity index (χ0n) is 8.49. The van der Waals surface area contributed by atoms with Gasteiger partial charge in [0.05, 0.1) is 12.6 Å². The number of rotatable bonds is 6. The van der Waals surface area contributed by atoms with Gasteiger partial charge in [-0.3, -0.25) is 4.79 Å². The number of nitrogens with one attached hydrogen (secondary N) is 1. The quantitative estimate of drug-likeness (QED) is 0.181. The van der Waals surface area contributed by atoms with Crippen molar-refractivity contribution in [3.8, 4) is 0 Å². The van der Waals surface area contributed by atoms with E-state index in [1.54, 1.807) is 6.92 Å². The van der Waals surface area contributed by atoms with Crippen LogP contribution in [-0.4, -0.2) is 36.2 Å². The first-order chi connectivity index (χ1) is 6.61. The van der Waals surface area contributed by atoms with Crippen LogP contribution >= 0.6 is 0 Å². The van der Waals surface area contributed by atoms with Gasteiger partial charge in [-0.15, -0.1) is 0 Å². The maximum atomic E-state index is 11.2. The fourth-order valence-corrected chi connectivity index (χ4v) is 0.783. The van der Waals surface area contributed by atoms with Gasteiger partial charge in [-0.25, -0.2) is 0 Å². The summed E-state index contributed by atoms with van der Waals surface area (Å²) in [7, 11) is 0. The lowest BCUT2D eigenvalue weighted by Crippen LogP contribution is -2.42. The van der Waals surface area contributed by atoms with Crippen LogP contribution in [0.1, 0.15) is 20.3 Å². The molecule has 1 atom stereocenters. The summed E-state index contributed by atoms with van der Waals surface area (Å²) in [5.41, 5.74) is 5.27. The summed E-state index contributed by atoms with van der Waals surface area (Å²) in [6, 6.07) is -0.464. The summed E-state index contributed by atoms with van der Waals surface area (Å²) in [5.74, 6) is -0.202. The van der Waals surface area contributed by atoms with Gasteiger partial charge in [0.2, 0.25) is 5.91 Å². The SMILES string of the molecule is CCOCCC(=O)NC(C)C(N)=NO. The van der Waals surface area contributed by atoms with E-state index >= 15 is 0 Å². The third-order valence-electron chi connectivity index (χ3n) is 1.61. The van der Waals surface area contributed by atoms with Crippen molar-refractivity contribution in [2.75, 3.05) is 13.2 Å². The van der Waals surface area contributed by atoms with Crippen molar-refractivity contribution in [2.24, 2.45) is 10.9 Å². The largest absolute Gasteiger partial charge is 0.409 e. The van der Waals surface area contributed by atoms with Crippen LogP contribution in [0.5, 0.6) is 0 Å². The van der Waals surface area contributed by atoms with Gasteiger partial charge >= 0.3 is 0 Å². The van der Waals surface area contributed by atoms with Crippen molar-refractivity contribution < 1.29 is 14.7 Å². The van der Waals surface area contributed by atoms with E-state index in [1.807, 2.05) is 6.92 Å². The minimum atomic E-state index is -0.464. The second-order valence-corrected chi connectivity index (χ2v) is 2.76. The highest BCUT2D eigenvalue weighted by Gasteiger charge is 2.10. The van der Waals surface area contributed by atoms with Crippen molar-refractivity contribution in [3.05, 3.63) is 0 Å². The summed E-state index contributed by atoms with van der Waals surface area (Å²) >= 11 is 0. The Kier molecular flexibility index (Phi) is 6.47. The molecule has 0 aromatic heterocycles. The van der Waals surface area contributed by atoms with E-state index in [0.717, 1.165) is 0 Å². The lowest BCUT2D eigenvalue weighted by molar-refractivity contribution is -0.122. The first-order valence-corrected chi connectivity index (χ1v) is 4.46. The van der Waals surface area contributed by atoms with Crippen LogP contribution in [0.15, 0.2) is 5.16 Å². The Bertz CT molecular complexity index is 206. The van der Waals surface area contributed by atoms with E-state index in [0.29, 0.717) is 13.2 Å². The molecule has 0 saturated carbocycles. The first kappa shape index (κ1) is 12.7. The van der Waals surface area contributed by atoms with Gasteiger partial charge in [0.25, 0.3) is 0 Å². The third-order valence-corrected chi connectivity index (χ3v) is 1.61. The van der Waals surface area contributed by atoms with E-state index in [-0.39, 0.29) is 18.2 Å². The lowest BCUT2D eigenvalue weighted by atomic mass is 10.3. The zero-order chi connectivity index (χ0) is 11.0. The Labute approximate surface area is 83.1 Å². The molecule has 82 valence electrons. The van der Waals surface area contributed by atoms with Gasteiger partial charge in [0.1, 0.15) is 0 Å². The summed E-state index contributed by atoms with van der Waals surface area (Å²) in [5, 5.41) is 13.7. The van der Waals surface area contributed by atoms with Crippen molar-refractivity contribution in [2.45, 2.75) is 26.3 Å². The summed E-state index contributed by atoms with van der Waals surface area (Å²) < 4.78 is 5.00. The van der Waals surface area contributed by atoms with Crippen molar-refractivity contribution in [1.82, 2.24) is 5.32 Å². The van der Waals surface area contributed by atoms with Crippen LogP contribution in [0.25, 0.3) is 0 Å². The molecule has 1 amide bonds. The molecule has 6 nitrogen and oxygen atoms in total. The maximum absolute atomic E-state index is 11.2. The fourth-order valence-electron chi connectivity index (χ4n) is 0.783. The van der Waals surface area contributed by atoms with Gasteiger partial charge < -0.3 is 21.0 Å². The van der Waals surface area contributed by atoms with Crippen molar-refractivity contribution >= 4 is 11.7 Å². The summed E-state index contributed by atoms with van der Waals surface area (Å²) in [6.07, 6.45) is 0.275. The van der Waals surface area contributed by atoms with Crippen LogP contribution in [0.2, 0.25) is 0 Å². The summed E-state index contributed by atoms with van der Waals surface area (Å²) in [6.45, 7) is 4.46. The number of amidine groups is 1. The van der Waals surface area contributed by atoms with Crippen LogP contribution in [0.4, 0.5) is 0 Å². The van der Waals surface area contributed by atoms with Gasteiger partial charge in [0, 0.05) is 13.0 Å². The Hall–Kier alpha value is -1.30. The second-order valence-electron chi connectivity index (χ2n) is 2.76. The molecule has 14 heavy (non-hydrogen) atoms. The second kappa shape index (κ2) is 7.14. The molecule has 0 radical (unpaired) electrons. The smallest absolute Gasteiger partial charge is 0.222 e. The van der Waals surface area contributed by atoms with Crippen LogP contribution in [-0.2, 0) is 9.53 Å². The number of carbonyl (C=O) groups is 1. The van der Waals surface area contributed by atoms with Crippen molar-refractivity contribution in [1.29, 1.82) is 0 Å². The highest BCUT2D eigenvalue weighted by molar-refractivity contribution is 5.89. The predicted molar refractivity (Wildman–Crippen MR) is 52.1 cm³/mol. The first-order valence-electron chi connectivity index (χ1n) is 4.46. The Morgan fingerprint density at radius 1 is 1.71 bits per heavy atom. The van der Waals surface area contributed by atoms with E-state index < -0.39 is 6.04 Å². The van der Waals surface area contributed by atoms with Gasteiger partial charge in [-0.05, 0) is 13.8 Å². The number of hydrogen-bond acceptors (Lipinski definition) is 4. The molecule has 0 aromatic rings. The highest BCUT2D eigenvalue weighted by atomic mass is 16.5. The number of hydrogen-bond donors (Lipinski definition) is 3. The average Bonchev–Trinajstić information content (AvgIpc) is 2.16. The molecule has 0 aliphatic rings. The molecule has 0 rings (SSSR count). The zero-order valence-corrected chi connectivity index (χ0v) is 8.49. The van der Waals surface area contributed by atoms with Crippen molar-refractivity contribution in [3.63, 3.8) is 0 Å². The number of amides is 1. The van der Waals surface area contributed by atoms with Crippen LogP contribution in [0, 0.1) is 0 Å². The topological polar surface area (TPSA) is 96.9 Å². The molecule has 0 fully saturated rings. The normalized spacial score (nSPS) is 13.7. The number of ether oxygens (including phenoxy) is 1. The molecule has 0 spiro atoms. The van der Waals surface area contributed by atoms with Crippen LogP contribution in [0.3, 0.4) is 0 Å². The van der Waals surface area contributed by atoms with E-state index in [9.17, 15) is 4.79 Å². The fraction of sp³-hybridized carbons (Fsp3) is 0.750. The minimum absolute atomic E-state index is 0.0187. The van der Waals surface area contributed by atoms with Gasteiger partial charge in [0.15, 0.2) is 5.84 Å². The molecule has 0 saturated heterocycles. The van der Waals surface area contributed by atoms with Gasteiger partial charge in [-0.2, -0.15) is 0 Å². The van der Waals surface area contributed by atoms with Gasteiger partial charge in [-0.1, -0.05) is 5.16 Å². The maximum Gasteiger partial charge on any atom is 0.222 e. The Balaban J connectivity index is 3.71. The highest BCUT2D eigenvalue weighted by Crippen LogP contribution is 1.87. The number of nitrogens with two attached hydrogens (primary N) is 1. The molecule has 0 bridgehead atoms. The Morgan fingerprint density at radius 3 is 2.86 bits per heavy atom. The number of nitrogens with zero attached hydrogens (tertiary/aromatic N) is 1. The molecule has 0 heterocycles. The van der Waals surface area contributed by atoms with E-state index in [1.165, 1.54) is 0 Å². The predicted octanol–water partition coefficient (Wildman–Crippen LogP) is -0.336. The lowest BCUT2D eigenvalue weighted by Gasteiger charge is -2.11. The Morgan fingerprint density at radius 2 is 2.36 bits per heavy atom. The molecular weight excluding hydrogens is 186 g/mol.